The number of rotatable bonds is 3. The molecule has 0 saturated heterocycles. The lowest BCUT2D eigenvalue weighted by molar-refractivity contribution is -0.729. The van der Waals surface area contributed by atoms with E-state index in [0.717, 1.165) is 0 Å². The molecule has 0 heterocycles. The molecule has 6 nitrogen and oxygen atoms in total. The predicted octanol–water partition coefficient (Wildman–Crippen LogP) is 4.14. The molecule has 3 N–H and O–H groups in total. The van der Waals surface area contributed by atoms with E-state index in [2.05, 4.69) is 10.2 Å². The number of azo groups is 1. The normalized spacial score (nSPS) is 10.8. The van der Waals surface area contributed by atoms with Crippen molar-refractivity contribution in [3.63, 3.8) is 0 Å². The maximum absolute atomic E-state index is 10.7. The van der Waals surface area contributed by atoms with Gasteiger partial charge in [0.05, 0.1) is 15.6 Å². The van der Waals surface area contributed by atoms with Crippen molar-refractivity contribution in [1.29, 1.82) is 0 Å². The summed E-state index contributed by atoms with van der Waals surface area (Å²) in [6.07, 6.45) is 0. The molecule has 7 heteroatoms. The van der Waals surface area contributed by atoms with Crippen molar-refractivity contribution < 1.29 is 10.1 Å². The quantitative estimate of drug-likeness (QED) is 0.502. The molecule has 0 radical (unpaired) electrons. The van der Waals surface area contributed by atoms with E-state index in [1.807, 2.05) is 0 Å². The van der Waals surface area contributed by atoms with Crippen molar-refractivity contribution in [3.8, 4) is 0 Å². The van der Waals surface area contributed by atoms with E-state index < -0.39 is 0 Å². The van der Waals surface area contributed by atoms with Crippen molar-refractivity contribution in [2.75, 3.05) is 5.73 Å². The molecule has 0 bridgehead atoms. The maximum atomic E-state index is 10.7. The number of hydrogen-bond acceptors (Lipinski definition) is 4. The Balaban J connectivity index is 2.23. The molecular formula is C12H10ClN4O2+. The SMILES string of the molecule is Nc1ccc(/N=N/c2ccc([N+](=O)O)cc2Cl)cc1. The Labute approximate surface area is 113 Å². The second kappa shape index (κ2) is 5.45. The molecule has 2 rings (SSSR count). The zero-order chi connectivity index (χ0) is 13.8. The molecule has 0 aliphatic carbocycles. The lowest BCUT2D eigenvalue weighted by atomic mass is 10.3. The van der Waals surface area contributed by atoms with Crippen molar-refractivity contribution in [3.05, 3.63) is 52.4 Å². The Morgan fingerprint density at radius 3 is 2.37 bits per heavy atom. The summed E-state index contributed by atoms with van der Waals surface area (Å²) < 4.78 is 0. The van der Waals surface area contributed by atoms with Gasteiger partial charge in [-0.1, -0.05) is 11.6 Å². The Morgan fingerprint density at radius 2 is 1.79 bits per heavy atom. The van der Waals surface area contributed by atoms with Gasteiger partial charge in [0.2, 0.25) is 0 Å². The van der Waals surface area contributed by atoms with E-state index in [9.17, 15) is 4.91 Å². The van der Waals surface area contributed by atoms with Gasteiger partial charge in [-0.2, -0.15) is 5.11 Å². The fourth-order valence-corrected chi connectivity index (χ4v) is 1.56. The van der Waals surface area contributed by atoms with Crippen LogP contribution in [0.1, 0.15) is 0 Å². The second-order valence-corrected chi connectivity index (χ2v) is 4.11. The number of halogens is 1. The molecule has 0 aliphatic rings. The van der Waals surface area contributed by atoms with Crippen LogP contribution in [0.15, 0.2) is 52.7 Å². The Hall–Kier alpha value is -2.47. The van der Waals surface area contributed by atoms with Gasteiger partial charge >= 0.3 is 5.69 Å². The van der Waals surface area contributed by atoms with Crippen LogP contribution in [0.25, 0.3) is 0 Å². The molecular weight excluding hydrogens is 268 g/mol. The highest BCUT2D eigenvalue weighted by Crippen LogP contribution is 2.30. The Morgan fingerprint density at radius 1 is 1.11 bits per heavy atom. The number of nitrogens with two attached hydrogens (primary N) is 1. The number of hydrogen-bond donors (Lipinski definition) is 2. The number of nitrogens with zero attached hydrogens (tertiary/aromatic N) is 3. The first-order chi connectivity index (χ1) is 9.06. The average Bonchev–Trinajstić information content (AvgIpc) is 2.39. The van der Waals surface area contributed by atoms with Gasteiger partial charge in [0.25, 0.3) is 4.92 Å². The Bertz CT molecular complexity index is 641. The average molecular weight is 278 g/mol. The second-order valence-electron chi connectivity index (χ2n) is 3.70. The minimum Gasteiger partial charge on any atom is -0.399 e. The lowest BCUT2D eigenvalue weighted by Gasteiger charge is -1.96. The van der Waals surface area contributed by atoms with Crippen molar-refractivity contribution >= 4 is 34.4 Å². The highest BCUT2D eigenvalue weighted by Gasteiger charge is 2.13. The molecule has 0 amide bonds. The molecule has 0 aliphatic heterocycles. The largest absolute Gasteiger partial charge is 0.399 e. The van der Waals surface area contributed by atoms with Crippen molar-refractivity contribution in [2.24, 2.45) is 10.2 Å². The minimum atomic E-state index is -0.271. The van der Waals surface area contributed by atoms with Crippen LogP contribution in [0, 0.1) is 4.91 Å². The van der Waals surface area contributed by atoms with Crippen LogP contribution in [0.5, 0.6) is 0 Å². The van der Waals surface area contributed by atoms with Gasteiger partial charge in [0.15, 0.2) is 0 Å². The van der Waals surface area contributed by atoms with Crippen LogP contribution in [-0.2, 0) is 0 Å². The fourth-order valence-electron chi connectivity index (χ4n) is 1.35. The van der Waals surface area contributed by atoms with E-state index >= 15 is 0 Å². The summed E-state index contributed by atoms with van der Waals surface area (Å²) in [5, 5.41) is 16.9. The molecule has 96 valence electrons. The van der Waals surface area contributed by atoms with Crippen LogP contribution in [-0.4, -0.2) is 10.1 Å². The van der Waals surface area contributed by atoms with Crippen LogP contribution in [0.2, 0.25) is 5.02 Å². The number of benzene rings is 2. The van der Waals surface area contributed by atoms with Crippen molar-refractivity contribution in [2.45, 2.75) is 0 Å². The number of nitrogen functional groups attached to an aromatic ring is 1. The first-order valence-corrected chi connectivity index (χ1v) is 5.67. The summed E-state index contributed by atoms with van der Waals surface area (Å²) in [7, 11) is 0. The lowest BCUT2D eigenvalue weighted by Crippen LogP contribution is -1.90. The molecule has 0 atom stereocenters. The number of anilines is 1. The van der Waals surface area contributed by atoms with E-state index in [0.29, 0.717) is 17.1 Å². The molecule has 2 aromatic rings. The summed E-state index contributed by atoms with van der Waals surface area (Å²) in [5.41, 5.74) is 7.23. The van der Waals surface area contributed by atoms with E-state index in [4.69, 9.17) is 22.5 Å². The van der Waals surface area contributed by atoms with Gasteiger partial charge < -0.3 is 5.73 Å². The summed E-state index contributed by atoms with van der Waals surface area (Å²) in [4.78, 5) is 10.4. The molecule has 19 heavy (non-hydrogen) atoms. The van der Waals surface area contributed by atoms with E-state index in [1.165, 1.54) is 18.2 Å². The summed E-state index contributed by atoms with van der Waals surface area (Å²) in [6, 6.07) is 11.0. The van der Waals surface area contributed by atoms with Gasteiger partial charge in [0, 0.05) is 17.8 Å². The Kier molecular flexibility index (Phi) is 3.72. The zero-order valence-corrected chi connectivity index (χ0v) is 10.4. The van der Waals surface area contributed by atoms with Gasteiger partial charge in [-0.15, -0.1) is 5.11 Å². The molecule has 0 unspecified atom stereocenters. The minimum absolute atomic E-state index is 0.0245. The van der Waals surface area contributed by atoms with Gasteiger partial charge in [-0.3, -0.25) is 0 Å². The monoisotopic (exact) mass is 277 g/mol. The molecule has 0 aromatic heterocycles. The molecule has 2 aromatic carbocycles. The zero-order valence-electron chi connectivity index (χ0n) is 9.69. The fraction of sp³-hybridized carbons (Fsp3) is 0. The summed E-state index contributed by atoms with van der Waals surface area (Å²) in [6.45, 7) is 0. The highest BCUT2D eigenvalue weighted by molar-refractivity contribution is 6.33. The molecule has 0 spiro atoms. The van der Waals surface area contributed by atoms with Gasteiger partial charge in [-0.25, -0.2) is 5.21 Å². The van der Waals surface area contributed by atoms with Gasteiger partial charge in [-0.05, 0) is 30.3 Å². The topological polar surface area (TPSA) is 91.0 Å². The highest BCUT2D eigenvalue weighted by atomic mass is 35.5. The van der Waals surface area contributed by atoms with E-state index in [1.54, 1.807) is 24.3 Å². The van der Waals surface area contributed by atoms with Gasteiger partial charge in [0.1, 0.15) is 5.69 Å². The standard InChI is InChI=1S/C12H10ClN4O2/c13-11-7-10(17(18)19)5-6-12(11)16-15-9-3-1-8(14)2-4-9/h1-7H,14H2,(H,18,19)/q+1/b16-15+. The first-order valence-electron chi connectivity index (χ1n) is 5.29. The molecule has 0 saturated carbocycles. The summed E-state index contributed by atoms with van der Waals surface area (Å²) in [5.74, 6) is 0. The molecule has 0 fully saturated rings. The third-order valence-electron chi connectivity index (χ3n) is 2.32. The smallest absolute Gasteiger partial charge is 0.318 e. The third kappa shape index (κ3) is 3.26. The van der Waals surface area contributed by atoms with Crippen LogP contribution < -0.4 is 5.73 Å². The van der Waals surface area contributed by atoms with Crippen LogP contribution >= 0.6 is 11.6 Å². The van der Waals surface area contributed by atoms with Crippen LogP contribution in [0.4, 0.5) is 22.7 Å². The van der Waals surface area contributed by atoms with Crippen molar-refractivity contribution in [1.82, 2.24) is 0 Å². The predicted molar refractivity (Wildman–Crippen MR) is 71.6 cm³/mol. The third-order valence-corrected chi connectivity index (χ3v) is 2.62. The maximum Gasteiger partial charge on any atom is 0.318 e. The first kappa shape index (κ1) is 13.0. The van der Waals surface area contributed by atoms with Crippen LogP contribution in [0.3, 0.4) is 0 Å². The summed E-state index contributed by atoms with van der Waals surface area (Å²) >= 11 is 5.91. The van der Waals surface area contributed by atoms with E-state index in [-0.39, 0.29) is 15.6 Å².